The van der Waals surface area contributed by atoms with Crippen molar-refractivity contribution in [3.8, 4) is 28.5 Å². The maximum Gasteiger partial charge on any atom is 0.164 e. The van der Waals surface area contributed by atoms with E-state index in [1.807, 2.05) is 18.2 Å². The highest BCUT2D eigenvalue weighted by molar-refractivity contribution is 6.14. The summed E-state index contributed by atoms with van der Waals surface area (Å²) < 4.78 is 8.63. The minimum Gasteiger partial charge on any atom is -0.456 e. The molecule has 2 aliphatic carbocycles. The van der Waals surface area contributed by atoms with Crippen LogP contribution in [0.1, 0.15) is 70.3 Å². The molecule has 0 saturated heterocycles. The van der Waals surface area contributed by atoms with Gasteiger partial charge >= 0.3 is 0 Å². The van der Waals surface area contributed by atoms with E-state index >= 15 is 0 Å². The standard InChI is InChI=1S/C51H42N4O/c1-50(2)23-24-51(3,4)42-30-44-39(29-41(42)50)38-26-32-15-8-9-16-33(32)28-43(38)55(44)36-18-12-17-34(25-36)48-52-47(31-13-6-5-7-14-31)53-49(54-48)35-21-22-46-40(27-35)37-19-10-11-20-45(37)56-46/h5-6,8-13,15-22,25-30H,7,14,23-24H2,1-4H3. The van der Waals surface area contributed by atoms with Gasteiger partial charge in [0.05, 0.1) is 11.0 Å². The van der Waals surface area contributed by atoms with Crippen LogP contribution in [-0.4, -0.2) is 19.5 Å². The third-order valence-corrected chi connectivity index (χ3v) is 12.5. The Labute approximate surface area is 326 Å². The molecule has 3 heterocycles. The van der Waals surface area contributed by atoms with Crippen LogP contribution in [0.2, 0.25) is 0 Å². The van der Waals surface area contributed by atoms with Gasteiger partial charge < -0.3 is 8.98 Å². The first-order chi connectivity index (χ1) is 27.2. The Morgan fingerprint density at radius 2 is 1.21 bits per heavy atom. The second-order valence-corrected chi connectivity index (χ2v) is 17.1. The molecule has 11 rings (SSSR count). The molecule has 6 aromatic carbocycles. The third kappa shape index (κ3) is 5.17. The van der Waals surface area contributed by atoms with Gasteiger partial charge in [-0.25, -0.2) is 15.0 Å². The van der Waals surface area contributed by atoms with Gasteiger partial charge in [-0.1, -0.05) is 101 Å². The molecule has 0 aliphatic heterocycles. The summed E-state index contributed by atoms with van der Waals surface area (Å²) in [5.74, 6) is 2.03. The van der Waals surface area contributed by atoms with E-state index in [0.29, 0.717) is 11.6 Å². The lowest BCUT2D eigenvalue weighted by Crippen LogP contribution is -2.33. The summed E-state index contributed by atoms with van der Waals surface area (Å²) >= 11 is 0. The maximum absolute atomic E-state index is 6.17. The minimum absolute atomic E-state index is 0.0827. The van der Waals surface area contributed by atoms with E-state index in [1.54, 1.807) is 0 Å². The molecule has 0 atom stereocenters. The van der Waals surface area contributed by atoms with E-state index < -0.39 is 0 Å². The molecule has 272 valence electrons. The fraction of sp³-hybridized carbons (Fsp3) is 0.196. The summed E-state index contributed by atoms with van der Waals surface area (Å²) in [4.78, 5) is 15.5. The number of allylic oxidation sites excluding steroid dienone is 4. The Balaban J connectivity index is 1.13. The second kappa shape index (κ2) is 12.1. The molecule has 3 aromatic heterocycles. The number of fused-ring (bicyclic) bond motifs is 8. The highest BCUT2D eigenvalue weighted by Gasteiger charge is 2.38. The van der Waals surface area contributed by atoms with Gasteiger partial charge in [-0.15, -0.1) is 0 Å². The normalized spacial score (nSPS) is 16.2. The Morgan fingerprint density at radius 3 is 2.00 bits per heavy atom. The first-order valence-electron chi connectivity index (χ1n) is 19.9. The first kappa shape index (κ1) is 33.0. The van der Waals surface area contributed by atoms with Gasteiger partial charge in [-0.3, -0.25) is 0 Å². The quantitative estimate of drug-likeness (QED) is 0.181. The van der Waals surface area contributed by atoms with Gasteiger partial charge in [-0.05, 0) is 125 Å². The molecule has 2 aliphatic rings. The van der Waals surface area contributed by atoms with Crippen LogP contribution in [0, 0.1) is 0 Å². The van der Waals surface area contributed by atoms with E-state index in [-0.39, 0.29) is 10.8 Å². The molecule has 0 fully saturated rings. The molecule has 0 unspecified atom stereocenters. The number of para-hydroxylation sites is 1. The molecule has 56 heavy (non-hydrogen) atoms. The fourth-order valence-corrected chi connectivity index (χ4v) is 9.26. The van der Waals surface area contributed by atoms with Crippen LogP contribution in [0.25, 0.3) is 88.6 Å². The van der Waals surface area contributed by atoms with Gasteiger partial charge in [0.25, 0.3) is 0 Å². The highest BCUT2D eigenvalue weighted by atomic mass is 16.3. The second-order valence-electron chi connectivity index (χ2n) is 17.1. The van der Waals surface area contributed by atoms with E-state index in [2.05, 4.69) is 148 Å². The maximum atomic E-state index is 6.17. The van der Waals surface area contributed by atoms with Crippen molar-refractivity contribution in [3.05, 3.63) is 150 Å². The number of benzene rings is 6. The van der Waals surface area contributed by atoms with Gasteiger partial charge in [0.2, 0.25) is 0 Å². The van der Waals surface area contributed by atoms with Crippen LogP contribution in [0.4, 0.5) is 0 Å². The highest BCUT2D eigenvalue weighted by Crippen LogP contribution is 2.49. The summed E-state index contributed by atoms with van der Waals surface area (Å²) in [6, 6.07) is 41.7. The lowest BCUT2D eigenvalue weighted by molar-refractivity contribution is 0.332. The van der Waals surface area contributed by atoms with Crippen LogP contribution >= 0.6 is 0 Å². The fourth-order valence-electron chi connectivity index (χ4n) is 9.26. The lowest BCUT2D eigenvalue weighted by Gasteiger charge is -2.42. The van der Waals surface area contributed by atoms with Crippen molar-refractivity contribution in [3.63, 3.8) is 0 Å². The van der Waals surface area contributed by atoms with E-state index in [1.165, 1.54) is 50.1 Å². The summed E-state index contributed by atoms with van der Waals surface area (Å²) in [5, 5.41) is 7.19. The number of aromatic nitrogens is 4. The Hall–Kier alpha value is -6.33. The SMILES string of the molecule is CC1(C)CCC(C)(C)c2cc3c(cc21)c1cc2ccccc2cc1n3-c1cccc(-c2nc(C3=CC=CCC3)nc(-c3ccc4oc5ccccc5c4c3)n2)c1. The molecule has 0 N–H and O–H groups in total. The molecule has 0 radical (unpaired) electrons. The van der Waals surface area contributed by atoms with Gasteiger partial charge in [-0.2, -0.15) is 0 Å². The van der Waals surface area contributed by atoms with Crippen LogP contribution in [0.15, 0.2) is 138 Å². The smallest absolute Gasteiger partial charge is 0.164 e. The van der Waals surface area contributed by atoms with Crippen molar-refractivity contribution in [1.82, 2.24) is 19.5 Å². The first-order valence-corrected chi connectivity index (χ1v) is 19.9. The zero-order valence-electron chi connectivity index (χ0n) is 32.2. The van der Waals surface area contributed by atoms with Crippen molar-refractivity contribution < 1.29 is 4.42 Å². The topological polar surface area (TPSA) is 56.7 Å². The third-order valence-electron chi connectivity index (χ3n) is 12.5. The molecule has 0 spiro atoms. The van der Waals surface area contributed by atoms with E-state index in [9.17, 15) is 0 Å². The number of nitrogens with zero attached hydrogens (tertiary/aromatic N) is 4. The largest absolute Gasteiger partial charge is 0.456 e. The molecule has 5 heteroatoms. The summed E-state index contributed by atoms with van der Waals surface area (Å²) in [7, 11) is 0. The van der Waals surface area contributed by atoms with Gasteiger partial charge in [0.15, 0.2) is 17.5 Å². The predicted molar refractivity (Wildman–Crippen MR) is 231 cm³/mol. The van der Waals surface area contributed by atoms with E-state index in [0.717, 1.165) is 69.4 Å². The number of rotatable bonds is 4. The Morgan fingerprint density at radius 1 is 0.554 bits per heavy atom. The van der Waals surface area contributed by atoms with Gasteiger partial charge in [0, 0.05) is 38.4 Å². The zero-order valence-corrected chi connectivity index (χ0v) is 32.2. The van der Waals surface area contributed by atoms with Crippen LogP contribution < -0.4 is 0 Å². The molecular formula is C51H42N4O. The summed E-state index contributed by atoms with van der Waals surface area (Å²) in [5.41, 5.74) is 11.4. The van der Waals surface area contributed by atoms with Crippen molar-refractivity contribution in [2.24, 2.45) is 0 Å². The Bertz CT molecular complexity index is 3150. The minimum atomic E-state index is 0.0827. The Kier molecular flexibility index (Phi) is 7.13. The monoisotopic (exact) mass is 726 g/mol. The summed E-state index contributed by atoms with van der Waals surface area (Å²) in [6.07, 6.45) is 10.6. The van der Waals surface area contributed by atoms with Crippen LogP contribution in [0.5, 0.6) is 0 Å². The molecular weight excluding hydrogens is 685 g/mol. The van der Waals surface area contributed by atoms with Crippen LogP contribution in [-0.2, 0) is 10.8 Å². The van der Waals surface area contributed by atoms with Crippen molar-refractivity contribution >= 4 is 60.1 Å². The summed E-state index contributed by atoms with van der Waals surface area (Å²) in [6.45, 7) is 9.65. The number of hydrogen-bond donors (Lipinski definition) is 0. The molecule has 9 aromatic rings. The molecule has 5 nitrogen and oxygen atoms in total. The lowest BCUT2D eigenvalue weighted by atomic mass is 9.63. The molecule has 0 amide bonds. The van der Waals surface area contributed by atoms with Gasteiger partial charge in [0.1, 0.15) is 11.2 Å². The average Bonchev–Trinajstić information content (AvgIpc) is 3.76. The predicted octanol–water partition coefficient (Wildman–Crippen LogP) is 13.4. The number of furan rings is 1. The van der Waals surface area contributed by atoms with Crippen molar-refractivity contribution in [2.45, 2.75) is 64.2 Å². The van der Waals surface area contributed by atoms with E-state index in [4.69, 9.17) is 19.4 Å². The van der Waals surface area contributed by atoms with Crippen molar-refractivity contribution in [1.29, 1.82) is 0 Å². The molecule has 0 bridgehead atoms. The van der Waals surface area contributed by atoms with Crippen molar-refractivity contribution in [2.75, 3.05) is 0 Å². The average molecular weight is 727 g/mol. The van der Waals surface area contributed by atoms with Crippen LogP contribution in [0.3, 0.4) is 0 Å². The zero-order chi connectivity index (χ0) is 37.8. The number of hydrogen-bond acceptors (Lipinski definition) is 4. The molecule has 0 saturated carbocycles.